The van der Waals surface area contributed by atoms with E-state index in [1.807, 2.05) is 84.9 Å². The third-order valence-corrected chi connectivity index (χ3v) is 7.79. The highest BCUT2D eigenvalue weighted by Crippen LogP contribution is 2.18. The standard InChI is InChI=1S/C39H52N4O4/c1-30(22-40-24-34-9-5-3-6-10-34)42-26-36(44)28-46-38-17-13-32(14-18-38)21-33-15-19-39(20-16-33)47-29-37(45)27-43-31(2)23-41-25-35-11-7-4-8-12-35/h3-20,30-31,36-37,40-45H,21-29H2,1-2H3. The molecule has 4 rings (SSSR count). The first-order valence-electron chi connectivity index (χ1n) is 16.7. The lowest BCUT2D eigenvalue weighted by Gasteiger charge is -2.18. The minimum Gasteiger partial charge on any atom is -0.491 e. The molecule has 0 saturated carbocycles. The summed E-state index contributed by atoms with van der Waals surface area (Å²) in [5.74, 6) is 1.47. The molecule has 0 bridgehead atoms. The van der Waals surface area contributed by atoms with Crippen LogP contribution in [0, 0.1) is 0 Å². The molecular formula is C39H52N4O4. The summed E-state index contributed by atoms with van der Waals surface area (Å²) in [6.07, 6.45) is -0.410. The van der Waals surface area contributed by atoms with Crippen molar-refractivity contribution in [2.75, 3.05) is 39.4 Å². The van der Waals surface area contributed by atoms with Gasteiger partial charge in [0.2, 0.25) is 0 Å². The van der Waals surface area contributed by atoms with Crippen LogP contribution in [0.4, 0.5) is 0 Å². The minimum atomic E-state index is -0.597. The van der Waals surface area contributed by atoms with Gasteiger partial charge in [-0.1, -0.05) is 84.9 Å². The lowest BCUT2D eigenvalue weighted by Crippen LogP contribution is -2.41. The van der Waals surface area contributed by atoms with Gasteiger partial charge in [-0.25, -0.2) is 0 Å². The predicted molar refractivity (Wildman–Crippen MR) is 190 cm³/mol. The second-order valence-electron chi connectivity index (χ2n) is 12.2. The van der Waals surface area contributed by atoms with Crippen molar-refractivity contribution in [2.45, 2.75) is 57.6 Å². The van der Waals surface area contributed by atoms with Gasteiger partial charge in [-0.2, -0.15) is 0 Å². The summed E-state index contributed by atoms with van der Waals surface area (Å²) in [6.45, 7) is 8.87. The Bertz CT molecular complexity index is 1270. The zero-order chi connectivity index (χ0) is 33.1. The highest BCUT2D eigenvalue weighted by Gasteiger charge is 2.10. The summed E-state index contributed by atoms with van der Waals surface area (Å²) in [4.78, 5) is 0. The van der Waals surface area contributed by atoms with Crippen LogP contribution in [-0.2, 0) is 19.5 Å². The van der Waals surface area contributed by atoms with Crippen LogP contribution >= 0.6 is 0 Å². The molecule has 8 nitrogen and oxygen atoms in total. The molecule has 0 heterocycles. The quantitative estimate of drug-likeness (QED) is 0.0756. The summed E-state index contributed by atoms with van der Waals surface area (Å²) in [6, 6.07) is 37.1. The highest BCUT2D eigenvalue weighted by atomic mass is 16.5. The first-order chi connectivity index (χ1) is 22.9. The molecular weight excluding hydrogens is 588 g/mol. The van der Waals surface area contributed by atoms with Crippen LogP contribution in [0.1, 0.15) is 36.1 Å². The molecule has 0 aliphatic rings. The fourth-order valence-electron chi connectivity index (χ4n) is 5.02. The molecule has 0 amide bonds. The maximum atomic E-state index is 10.4. The SMILES string of the molecule is CC(CNCc1ccccc1)NCC(O)COc1ccc(Cc2ccc(OCC(O)CNC(C)CNCc3ccccc3)cc2)cc1. The van der Waals surface area contributed by atoms with E-state index in [0.717, 1.165) is 44.1 Å². The van der Waals surface area contributed by atoms with Crippen LogP contribution in [0.3, 0.4) is 0 Å². The Balaban J connectivity index is 1.06. The van der Waals surface area contributed by atoms with Crippen LogP contribution in [0.15, 0.2) is 109 Å². The Hall–Kier alpha value is -3.76. The molecule has 4 unspecified atom stereocenters. The summed E-state index contributed by atoms with van der Waals surface area (Å²) in [5.41, 5.74) is 4.85. The summed E-state index contributed by atoms with van der Waals surface area (Å²) < 4.78 is 11.6. The monoisotopic (exact) mass is 640 g/mol. The van der Waals surface area contributed by atoms with Crippen molar-refractivity contribution in [1.29, 1.82) is 0 Å². The maximum Gasteiger partial charge on any atom is 0.119 e. The minimum absolute atomic E-state index is 0.230. The van der Waals surface area contributed by atoms with Gasteiger partial charge in [0.15, 0.2) is 0 Å². The van der Waals surface area contributed by atoms with E-state index < -0.39 is 12.2 Å². The van der Waals surface area contributed by atoms with E-state index >= 15 is 0 Å². The van der Waals surface area contributed by atoms with Crippen LogP contribution in [0.2, 0.25) is 0 Å². The fraction of sp³-hybridized carbons (Fsp3) is 0.385. The molecule has 0 aliphatic heterocycles. The van der Waals surface area contributed by atoms with Gasteiger partial charge in [-0.15, -0.1) is 0 Å². The van der Waals surface area contributed by atoms with Gasteiger partial charge >= 0.3 is 0 Å². The Morgan fingerprint density at radius 3 is 1.26 bits per heavy atom. The molecule has 8 heteroatoms. The molecule has 252 valence electrons. The van der Waals surface area contributed by atoms with Crippen molar-refractivity contribution >= 4 is 0 Å². The van der Waals surface area contributed by atoms with Crippen molar-refractivity contribution < 1.29 is 19.7 Å². The van der Waals surface area contributed by atoms with Crippen molar-refractivity contribution in [1.82, 2.24) is 21.3 Å². The Kier molecular flexibility index (Phi) is 15.7. The van der Waals surface area contributed by atoms with Gasteiger partial charge in [-0.3, -0.25) is 0 Å². The summed E-state index contributed by atoms with van der Waals surface area (Å²) >= 11 is 0. The highest BCUT2D eigenvalue weighted by molar-refractivity contribution is 5.34. The van der Waals surface area contributed by atoms with Crippen molar-refractivity contribution in [3.8, 4) is 11.5 Å². The molecule has 6 N–H and O–H groups in total. The fourth-order valence-corrected chi connectivity index (χ4v) is 5.02. The molecule has 0 saturated heterocycles. The number of aliphatic hydroxyl groups excluding tert-OH is 2. The third-order valence-electron chi connectivity index (χ3n) is 7.79. The van der Waals surface area contributed by atoms with Crippen LogP contribution in [0.5, 0.6) is 11.5 Å². The van der Waals surface area contributed by atoms with E-state index in [1.165, 1.54) is 22.3 Å². The van der Waals surface area contributed by atoms with E-state index in [2.05, 4.69) is 59.4 Å². The number of rotatable bonds is 22. The number of hydrogen-bond acceptors (Lipinski definition) is 8. The Morgan fingerprint density at radius 2 is 0.872 bits per heavy atom. The van der Waals surface area contributed by atoms with E-state index in [4.69, 9.17) is 9.47 Å². The number of ether oxygens (including phenoxy) is 2. The number of benzene rings is 4. The Morgan fingerprint density at radius 1 is 0.489 bits per heavy atom. The first-order valence-corrected chi connectivity index (χ1v) is 16.7. The summed E-state index contributed by atoms with van der Waals surface area (Å²) in [5, 5.41) is 34.3. The number of hydrogen-bond donors (Lipinski definition) is 6. The van der Waals surface area contributed by atoms with E-state index in [1.54, 1.807) is 0 Å². The van der Waals surface area contributed by atoms with E-state index in [-0.39, 0.29) is 25.3 Å². The molecule has 0 fully saturated rings. The topological polar surface area (TPSA) is 107 Å². The van der Waals surface area contributed by atoms with Crippen molar-refractivity contribution in [3.05, 3.63) is 131 Å². The van der Waals surface area contributed by atoms with Crippen molar-refractivity contribution in [2.24, 2.45) is 0 Å². The van der Waals surface area contributed by atoms with Gasteiger partial charge in [0.1, 0.15) is 36.9 Å². The van der Waals surface area contributed by atoms with Gasteiger partial charge in [-0.05, 0) is 66.8 Å². The molecule has 4 atom stereocenters. The largest absolute Gasteiger partial charge is 0.491 e. The Labute approximate surface area is 280 Å². The van der Waals surface area contributed by atoms with Crippen LogP contribution < -0.4 is 30.7 Å². The normalized spacial score (nSPS) is 13.9. The summed E-state index contributed by atoms with van der Waals surface area (Å²) in [7, 11) is 0. The predicted octanol–water partition coefficient (Wildman–Crippen LogP) is 4.29. The molecule has 0 aromatic heterocycles. The van der Waals surface area contributed by atoms with Gasteiger partial charge < -0.3 is 41.0 Å². The number of aliphatic hydroxyl groups is 2. The average molecular weight is 641 g/mol. The van der Waals surface area contributed by atoms with E-state index in [9.17, 15) is 10.2 Å². The molecule has 4 aromatic carbocycles. The maximum absolute atomic E-state index is 10.4. The molecule has 47 heavy (non-hydrogen) atoms. The van der Waals surface area contributed by atoms with E-state index in [0.29, 0.717) is 13.1 Å². The molecule has 0 spiro atoms. The first kappa shape index (κ1) is 36.1. The average Bonchev–Trinajstić information content (AvgIpc) is 3.10. The number of nitrogens with one attached hydrogen (secondary N) is 4. The lowest BCUT2D eigenvalue weighted by atomic mass is 10.0. The zero-order valence-corrected chi connectivity index (χ0v) is 27.8. The second-order valence-corrected chi connectivity index (χ2v) is 12.2. The van der Waals surface area contributed by atoms with Gasteiger partial charge in [0.05, 0.1) is 0 Å². The van der Waals surface area contributed by atoms with Crippen LogP contribution in [0.25, 0.3) is 0 Å². The molecule has 0 aliphatic carbocycles. The zero-order valence-electron chi connectivity index (χ0n) is 27.8. The molecule has 0 radical (unpaired) electrons. The van der Waals surface area contributed by atoms with Crippen molar-refractivity contribution in [3.63, 3.8) is 0 Å². The van der Waals surface area contributed by atoms with Crippen LogP contribution in [-0.4, -0.2) is 73.9 Å². The van der Waals surface area contributed by atoms with Gasteiger partial charge in [0, 0.05) is 51.4 Å². The third kappa shape index (κ3) is 14.7. The lowest BCUT2D eigenvalue weighted by molar-refractivity contribution is 0.104. The van der Waals surface area contributed by atoms with Gasteiger partial charge in [0.25, 0.3) is 0 Å². The second kappa shape index (κ2) is 20.5. The smallest absolute Gasteiger partial charge is 0.119 e. The molecule has 4 aromatic rings.